The minimum atomic E-state index is 0.153. The molecule has 2 heterocycles. The van der Waals surface area contributed by atoms with Gasteiger partial charge in [-0.05, 0) is 24.1 Å². The molecular formula is C21H23N3O2. The number of aromatic nitrogens is 2. The van der Waals surface area contributed by atoms with Crippen molar-refractivity contribution in [2.45, 2.75) is 25.1 Å². The van der Waals surface area contributed by atoms with Gasteiger partial charge in [-0.25, -0.2) is 4.98 Å². The van der Waals surface area contributed by atoms with Crippen molar-refractivity contribution in [3.05, 3.63) is 72.6 Å². The third kappa shape index (κ3) is 3.49. The summed E-state index contributed by atoms with van der Waals surface area (Å²) in [7, 11) is 0. The average molecular weight is 349 g/mol. The van der Waals surface area contributed by atoms with Crippen LogP contribution in [0.1, 0.15) is 18.0 Å². The van der Waals surface area contributed by atoms with Gasteiger partial charge in [0.2, 0.25) is 0 Å². The molecule has 5 heteroatoms. The molecule has 0 radical (unpaired) electrons. The summed E-state index contributed by atoms with van der Waals surface area (Å²) in [6.07, 6.45) is 4.73. The minimum absolute atomic E-state index is 0.153. The van der Waals surface area contributed by atoms with Crippen molar-refractivity contribution in [3.8, 4) is 17.1 Å². The summed E-state index contributed by atoms with van der Waals surface area (Å²) in [6.45, 7) is 1.52. The van der Waals surface area contributed by atoms with Gasteiger partial charge in [-0.2, -0.15) is 0 Å². The molecule has 0 amide bonds. The van der Waals surface area contributed by atoms with Crippen LogP contribution in [0.2, 0.25) is 0 Å². The van der Waals surface area contributed by atoms with E-state index in [-0.39, 0.29) is 18.7 Å². The van der Waals surface area contributed by atoms with Gasteiger partial charge in [0.05, 0.1) is 12.2 Å². The smallest absolute Gasteiger partial charge is 0.143 e. The summed E-state index contributed by atoms with van der Waals surface area (Å²) in [6, 6.07) is 18.6. The van der Waals surface area contributed by atoms with Crippen LogP contribution in [0, 0.1) is 0 Å². The lowest BCUT2D eigenvalue weighted by molar-refractivity contribution is 0.253. The van der Waals surface area contributed by atoms with E-state index in [1.54, 1.807) is 0 Å². The molecule has 1 aliphatic rings. The lowest BCUT2D eigenvalue weighted by Crippen LogP contribution is -2.24. The number of hydrogen-bond donors (Lipinski definition) is 2. The summed E-state index contributed by atoms with van der Waals surface area (Å²) >= 11 is 0. The van der Waals surface area contributed by atoms with Gasteiger partial charge in [0.25, 0.3) is 0 Å². The summed E-state index contributed by atoms with van der Waals surface area (Å²) in [4.78, 5) is 4.59. The first-order valence-electron chi connectivity index (χ1n) is 8.98. The Hall–Kier alpha value is -2.63. The minimum Gasteiger partial charge on any atom is -0.488 e. The van der Waals surface area contributed by atoms with E-state index in [0.29, 0.717) is 6.61 Å². The molecule has 5 nitrogen and oxygen atoms in total. The molecular weight excluding hydrogens is 326 g/mol. The third-order valence-corrected chi connectivity index (χ3v) is 4.85. The highest BCUT2D eigenvalue weighted by Crippen LogP contribution is 2.32. The van der Waals surface area contributed by atoms with Crippen LogP contribution in [-0.4, -0.2) is 33.9 Å². The largest absolute Gasteiger partial charge is 0.488 e. The topological polar surface area (TPSA) is 59.3 Å². The van der Waals surface area contributed by atoms with Crippen LogP contribution in [0.5, 0.6) is 5.75 Å². The quantitative estimate of drug-likeness (QED) is 0.718. The maximum Gasteiger partial charge on any atom is 0.143 e. The molecule has 2 atom stereocenters. The molecule has 134 valence electrons. The van der Waals surface area contributed by atoms with E-state index in [1.165, 1.54) is 0 Å². The molecule has 1 aliphatic heterocycles. The van der Waals surface area contributed by atoms with Crippen LogP contribution in [0.15, 0.2) is 67.0 Å². The molecule has 0 bridgehead atoms. The highest BCUT2D eigenvalue weighted by Gasteiger charge is 2.27. The SMILES string of the molecule is OC[C@@H]1C[C@@H](n2ccnc2-c2ccccc2OCc2ccccc2)CN1. The Labute approximate surface area is 153 Å². The van der Waals surface area contributed by atoms with Crippen LogP contribution in [0.4, 0.5) is 0 Å². The Kier molecular flexibility index (Phi) is 5.00. The summed E-state index contributed by atoms with van der Waals surface area (Å²) in [5, 5.41) is 12.7. The molecule has 2 N–H and O–H groups in total. The van der Waals surface area contributed by atoms with Gasteiger partial charge in [-0.15, -0.1) is 0 Å². The van der Waals surface area contributed by atoms with Crippen LogP contribution in [0.3, 0.4) is 0 Å². The standard InChI is InChI=1S/C21H23N3O2/c25-14-17-12-18(13-23-17)24-11-10-22-21(24)19-8-4-5-9-20(19)26-15-16-6-2-1-3-7-16/h1-11,17-18,23,25H,12-15H2/t17-,18+/m0/s1. The molecule has 1 saturated heterocycles. The van der Waals surface area contributed by atoms with Crippen LogP contribution in [-0.2, 0) is 6.61 Å². The van der Waals surface area contributed by atoms with Crippen LogP contribution < -0.4 is 10.1 Å². The van der Waals surface area contributed by atoms with Gasteiger partial charge in [0.15, 0.2) is 0 Å². The fraction of sp³-hybridized carbons (Fsp3) is 0.286. The Morgan fingerprint density at radius 3 is 2.73 bits per heavy atom. The number of para-hydroxylation sites is 1. The van der Waals surface area contributed by atoms with E-state index in [0.717, 1.165) is 35.7 Å². The first kappa shape index (κ1) is 16.8. The maximum absolute atomic E-state index is 9.38. The van der Waals surface area contributed by atoms with Crippen molar-refractivity contribution < 1.29 is 9.84 Å². The first-order chi connectivity index (χ1) is 12.8. The van der Waals surface area contributed by atoms with Crippen molar-refractivity contribution in [1.82, 2.24) is 14.9 Å². The molecule has 1 fully saturated rings. The number of rotatable bonds is 6. The molecule has 4 rings (SSSR count). The Morgan fingerprint density at radius 2 is 1.92 bits per heavy atom. The second-order valence-corrected chi connectivity index (χ2v) is 6.61. The molecule has 1 aromatic heterocycles. The van der Waals surface area contributed by atoms with Gasteiger partial charge in [0, 0.05) is 31.0 Å². The van der Waals surface area contributed by atoms with Gasteiger partial charge >= 0.3 is 0 Å². The molecule has 2 aromatic carbocycles. The average Bonchev–Trinajstić information content (AvgIpc) is 3.36. The van der Waals surface area contributed by atoms with Crippen molar-refractivity contribution in [2.24, 2.45) is 0 Å². The predicted octanol–water partition coefficient (Wildman–Crippen LogP) is 3.02. The molecule has 0 aliphatic carbocycles. The monoisotopic (exact) mass is 349 g/mol. The first-order valence-corrected chi connectivity index (χ1v) is 8.98. The molecule has 26 heavy (non-hydrogen) atoms. The predicted molar refractivity (Wildman–Crippen MR) is 101 cm³/mol. The van der Waals surface area contributed by atoms with E-state index in [9.17, 15) is 5.11 Å². The second kappa shape index (κ2) is 7.72. The van der Waals surface area contributed by atoms with E-state index in [4.69, 9.17) is 4.74 Å². The number of benzene rings is 2. The van der Waals surface area contributed by atoms with Crippen molar-refractivity contribution in [3.63, 3.8) is 0 Å². The number of aliphatic hydroxyl groups is 1. The number of hydrogen-bond acceptors (Lipinski definition) is 4. The third-order valence-electron chi connectivity index (χ3n) is 4.85. The number of ether oxygens (including phenoxy) is 1. The molecule has 0 unspecified atom stereocenters. The number of aliphatic hydroxyl groups excluding tert-OH is 1. The fourth-order valence-corrected chi connectivity index (χ4v) is 3.48. The summed E-state index contributed by atoms with van der Waals surface area (Å²) < 4.78 is 8.29. The van der Waals surface area contributed by atoms with Crippen molar-refractivity contribution >= 4 is 0 Å². The summed E-state index contributed by atoms with van der Waals surface area (Å²) in [5.74, 6) is 1.73. The highest BCUT2D eigenvalue weighted by molar-refractivity contribution is 5.64. The van der Waals surface area contributed by atoms with Crippen molar-refractivity contribution in [2.75, 3.05) is 13.2 Å². The van der Waals surface area contributed by atoms with Gasteiger partial charge in [-0.1, -0.05) is 42.5 Å². The summed E-state index contributed by atoms with van der Waals surface area (Å²) in [5.41, 5.74) is 2.12. The maximum atomic E-state index is 9.38. The Balaban J connectivity index is 1.58. The Bertz CT molecular complexity index is 847. The van der Waals surface area contributed by atoms with Gasteiger partial charge in [-0.3, -0.25) is 0 Å². The lowest BCUT2D eigenvalue weighted by Gasteiger charge is -2.17. The number of nitrogens with zero attached hydrogens (tertiary/aromatic N) is 2. The Morgan fingerprint density at radius 1 is 1.12 bits per heavy atom. The van der Waals surface area contributed by atoms with E-state index in [1.807, 2.05) is 54.9 Å². The number of imidazole rings is 1. The van der Waals surface area contributed by atoms with Crippen LogP contribution in [0.25, 0.3) is 11.4 Å². The molecule has 3 aromatic rings. The molecule has 0 saturated carbocycles. The van der Waals surface area contributed by atoms with E-state index >= 15 is 0 Å². The van der Waals surface area contributed by atoms with Crippen molar-refractivity contribution in [1.29, 1.82) is 0 Å². The normalized spacial score (nSPS) is 19.6. The lowest BCUT2D eigenvalue weighted by atomic mass is 10.1. The zero-order chi connectivity index (χ0) is 17.8. The number of nitrogens with one attached hydrogen (secondary N) is 1. The van der Waals surface area contributed by atoms with Crippen LogP contribution >= 0.6 is 0 Å². The fourth-order valence-electron chi connectivity index (χ4n) is 3.48. The van der Waals surface area contributed by atoms with E-state index < -0.39 is 0 Å². The highest BCUT2D eigenvalue weighted by atomic mass is 16.5. The second-order valence-electron chi connectivity index (χ2n) is 6.61. The molecule has 0 spiro atoms. The zero-order valence-corrected chi connectivity index (χ0v) is 14.6. The van der Waals surface area contributed by atoms with Gasteiger partial charge < -0.3 is 19.7 Å². The zero-order valence-electron chi connectivity index (χ0n) is 14.6. The van der Waals surface area contributed by atoms with E-state index in [2.05, 4.69) is 27.0 Å². The van der Waals surface area contributed by atoms with Gasteiger partial charge in [0.1, 0.15) is 18.2 Å².